The van der Waals surface area contributed by atoms with Crippen LogP contribution in [0.25, 0.3) is 0 Å². The number of nitrogens with zero attached hydrogens (tertiary/aromatic N) is 2. The normalized spacial score (nSPS) is 11.7. The number of rotatable bonds is 7. The van der Waals surface area contributed by atoms with Crippen LogP contribution >= 0.6 is 23.2 Å². The molecule has 0 fully saturated rings. The molecule has 12 heteroatoms. The standard InChI is InChI=1S/C24H26Cl2N4O5S/c1-13-16(25)9-14(10-19(13)35-20-7-8-27-23(26)29-20)22(31)28-17-11-15(24(2,3)4)12-18(21(17)34-5)30-36(6,32)33/h7-12,30H,1-6H3,(H,28,31). The Balaban J connectivity index is 2.03. The van der Waals surface area contributed by atoms with E-state index in [9.17, 15) is 13.2 Å². The van der Waals surface area contributed by atoms with Crippen LogP contribution in [0.5, 0.6) is 17.4 Å². The number of hydrogen-bond acceptors (Lipinski definition) is 7. The van der Waals surface area contributed by atoms with Crippen molar-refractivity contribution in [1.82, 2.24) is 9.97 Å². The van der Waals surface area contributed by atoms with Gasteiger partial charge in [-0.15, -0.1) is 0 Å². The lowest BCUT2D eigenvalue weighted by molar-refractivity contribution is 0.102. The maximum Gasteiger partial charge on any atom is 0.255 e. The molecule has 1 aromatic heterocycles. The van der Waals surface area contributed by atoms with E-state index >= 15 is 0 Å². The second-order valence-electron chi connectivity index (χ2n) is 9.03. The molecule has 0 aliphatic heterocycles. The molecule has 192 valence electrons. The Morgan fingerprint density at radius 3 is 2.33 bits per heavy atom. The van der Waals surface area contributed by atoms with Crippen molar-refractivity contribution in [3.8, 4) is 17.4 Å². The number of ether oxygens (including phenoxy) is 2. The zero-order chi connectivity index (χ0) is 26.8. The topological polar surface area (TPSA) is 120 Å². The Bertz CT molecular complexity index is 1420. The monoisotopic (exact) mass is 552 g/mol. The third-order valence-electron chi connectivity index (χ3n) is 5.08. The molecule has 0 saturated heterocycles. The lowest BCUT2D eigenvalue weighted by Crippen LogP contribution is -2.18. The van der Waals surface area contributed by atoms with Gasteiger partial charge in [0.15, 0.2) is 5.75 Å². The molecule has 2 aromatic carbocycles. The van der Waals surface area contributed by atoms with Gasteiger partial charge in [-0.1, -0.05) is 32.4 Å². The van der Waals surface area contributed by atoms with Crippen LogP contribution in [0.15, 0.2) is 36.5 Å². The predicted molar refractivity (Wildman–Crippen MR) is 141 cm³/mol. The summed E-state index contributed by atoms with van der Waals surface area (Å²) in [5.41, 5.74) is 1.69. The van der Waals surface area contributed by atoms with Crippen molar-refractivity contribution in [2.24, 2.45) is 0 Å². The summed E-state index contributed by atoms with van der Waals surface area (Å²) in [6.45, 7) is 7.63. The van der Waals surface area contributed by atoms with Gasteiger partial charge in [-0.2, -0.15) is 4.98 Å². The second-order valence-corrected chi connectivity index (χ2v) is 11.5. The maximum atomic E-state index is 13.3. The summed E-state index contributed by atoms with van der Waals surface area (Å²) in [5.74, 6) is 0.129. The molecule has 0 aliphatic rings. The summed E-state index contributed by atoms with van der Waals surface area (Å²) in [6, 6.07) is 7.95. The molecule has 9 nitrogen and oxygen atoms in total. The minimum absolute atomic E-state index is 0.00878. The minimum atomic E-state index is -3.61. The van der Waals surface area contributed by atoms with Gasteiger partial charge in [0.1, 0.15) is 5.75 Å². The van der Waals surface area contributed by atoms with Crippen LogP contribution in [0.2, 0.25) is 10.3 Å². The molecular weight excluding hydrogens is 527 g/mol. The van der Waals surface area contributed by atoms with Crippen molar-refractivity contribution in [2.75, 3.05) is 23.4 Å². The summed E-state index contributed by atoms with van der Waals surface area (Å²) >= 11 is 12.2. The fourth-order valence-corrected chi connectivity index (χ4v) is 4.13. The summed E-state index contributed by atoms with van der Waals surface area (Å²) in [5, 5.41) is 3.11. The highest BCUT2D eigenvalue weighted by Gasteiger charge is 2.23. The summed E-state index contributed by atoms with van der Waals surface area (Å²) in [6.07, 6.45) is 2.48. The molecule has 0 unspecified atom stereocenters. The molecule has 0 aliphatic carbocycles. The number of halogens is 2. The van der Waals surface area contributed by atoms with Crippen molar-refractivity contribution >= 4 is 50.5 Å². The lowest BCUT2D eigenvalue weighted by atomic mass is 9.86. The first-order valence-corrected chi connectivity index (χ1v) is 13.3. The van der Waals surface area contributed by atoms with Gasteiger partial charge in [0.05, 0.1) is 24.7 Å². The first-order chi connectivity index (χ1) is 16.7. The van der Waals surface area contributed by atoms with E-state index in [1.165, 1.54) is 31.5 Å². The van der Waals surface area contributed by atoms with Crippen molar-refractivity contribution in [1.29, 1.82) is 0 Å². The van der Waals surface area contributed by atoms with Crippen LogP contribution in [0.1, 0.15) is 42.3 Å². The van der Waals surface area contributed by atoms with Gasteiger partial charge in [0, 0.05) is 28.4 Å². The van der Waals surface area contributed by atoms with Crippen molar-refractivity contribution in [3.05, 3.63) is 63.5 Å². The summed E-state index contributed by atoms with van der Waals surface area (Å²) in [4.78, 5) is 21.1. The van der Waals surface area contributed by atoms with Crippen LogP contribution in [-0.2, 0) is 15.4 Å². The highest BCUT2D eigenvalue weighted by molar-refractivity contribution is 7.92. The number of sulfonamides is 1. The number of anilines is 2. The molecule has 36 heavy (non-hydrogen) atoms. The Kier molecular flexibility index (Phi) is 8.02. The Morgan fingerprint density at radius 1 is 1.08 bits per heavy atom. The Labute approximate surface area is 220 Å². The largest absolute Gasteiger partial charge is 0.492 e. The molecule has 0 atom stereocenters. The average molecular weight is 553 g/mol. The molecule has 0 saturated carbocycles. The van der Waals surface area contributed by atoms with E-state index in [-0.39, 0.29) is 39.3 Å². The molecule has 0 radical (unpaired) electrons. The zero-order valence-electron chi connectivity index (χ0n) is 20.6. The average Bonchev–Trinajstić information content (AvgIpc) is 2.75. The molecule has 1 heterocycles. The lowest BCUT2D eigenvalue weighted by Gasteiger charge is -2.24. The van der Waals surface area contributed by atoms with Crippen LogP contribution in [-0.4, -0.2) is 37.7 Å². The van der Waals surface area contributed by atoms with E-state index in [1.807, 2.05) is 20.8 Å². The Hall–Kier alpha value is -3.08. The van der Waals surface area contributed by atoms with Crippen LogP contribution < -0.4 is 19.5 Å². The predicted octanol–water partition coefficient (Wildman–Crippen LogP) is 5.81. The van der Waals surface area contributed by atoms with E-state index in [0.29, 0.717) is 16.3 Å². The number of methoxy groups -OCH3 is 1. The number of benzene rings is 2. The fourth-order valence-electron chi connectivity index (χ4n) is 3.22. The van der Waals surface area contributed by atoms with Crippen molar-refractivity contribution in [3.63, 3.8) is 0 Å². The van der Waals surface area contributed by atoms with Crippen LogP contribution in [0.3, 0.4) is 0 Å². The molecule has 3 rings (SSSR count). The van der Waals surface area contributed by atoms with Gasteiger partial charge in [0.25, 0.3) is 5.91 Å². The zero-order valence-corrected chi connectivity index (χ0v) is 22.9. The third kappa shape index (κ3) is 6.77. The first-order valence-electron chi connectivity index (χ1n) is 10.7. The van der Waals surface area contributed by atoms with Crippen LogP contribution in [0.4, 0.5) is 11.4 Å². The second kappa shape index (κ2) is 10.5. The molecule has 2 N–H and O–H groups in total. The molecule has 0 spiro atoms. The van der Waals surface area contributed by atoms with Gasteiger partial charge in [0.2, 0.25) is 21.2 Å². The quantitative estimate of drug-likeness (QED) is 0.354. The van der Waals surface area contributed by atoms with E-state index < -0.39 is 15.9 Å². The number of hydrogen-bond donors (Lipinski definition) is 2. The van der Waals surface area contributed by atoms with Gasteiger partial charge >= 0.3 is 0 Å². The molecule has 0 bridgehead atoms. The fraction of sp³-hybridized carbons (Fsp3) is 0.292. The smallest absolute Gasteiger partial charge is 0.255 e. The summed E-state index contributed by atoms with van der Waals surface area (Å²) in [7, 11) is -2.23. The number of nitrogens with one attached hydrogen (secondary N) is 2. The highest BCUT2D eigenvalue weighted by Crippen LogP contribution is 2.39. The van der Waals surface area contributed by atoms with Crippen molar-refractivity contribution < 1.29 is 22.7 Å². The van der Waals surface area contributed by atoms with E-state index in [2.05, 4.69) is 20.0 Å². The van der Waals surface area contributed by atoms with E-state index in [0.717, 1.165) is 11.8 Å². The number of carbonyl (C=O) groups excluding carboxylic acids is 1. The Morgan fingerprint density at radius 2 is 1.75 bits per heavy atom. The van der Waals surface area contributed by atoms with Gasteiger partial charge in [-0.3, -0.25) is 9.52 Å². The summed E-state index contributed by atoms with van der Waals surface area (Å²) < 4.78 is 37.6. The molecular formula is C24H26Cl2N4O5S. The van der Waals surface area contributed by atoms with Gasteiger partial charge in [-0.05, 0) is 53.8 Å². The first kappa shape index (κ1) is 27.5. The highest BCUT2D eigenvalue weighted by atomic mass is 35.5. The van der Waals surface area contributed by atoms with E-state index in [1.54, 1.807) is 19.1 Å². The number of aromatic nitrogens is 2. The van der Waals surface area contributed by atoms with Gasteiger partial charge in [-0.25, -0.2) is 13.4 Å². The van der Waals surface area contributed by atoms with E-state index in [4.69, 9.17) is 32.7 Å². The number of carbonyl (C=O) groups is 1. The van der Waals surface area contributed by atoms with Crippen LogP contribution in [0, 0.1) is 6.92 Å². The van der Waals surface area contributed by atoms with Gasteiger partial charge < -0.3 is 14.8 Å². The SMILES string of the molecule is COc1c(NC(=O)c2cc(Cl)c(C)c(Oc3ccnc(Cl)n3)c2)cc(C(C)(C)C)cc1NS(C)(=O)=O. The van der Waals surface area contributed by atoms with Crippen molar-refractivity contribution in [2.45, 2.75) is 33.1 Å². The maximum absolute atomic E-state index is 13.3. The number of amides is 1. The minimum Gasteiger partial charge on any atom is -0.492 e. The third-order valence-corrected chi connectivity index (χ3v) is 6.24. The molecule has 1 amide bonds. The molecule has 3 aromatic rings.